The molecule has 0 aromatic heterocycles. The highest BCUT2D eigenvalue weighted by molar-refractivity contribution is 6.62. The summed E-state index contributed by atoms with van der Waals surface area (Å²) in [7, 11) is 0. The zero-order valence-electron chi connectivity index (χ0n) is 23.5. The molecule has 0 aliphatic heterocycles. The number of hydrogen-bond acceptors (Lipinski definition) is 0. The van der Waals surface area contributed by atoms with E-state index in [4.69, 9.17) is 0 Å². The third-order valence-electron chi connectivity index (χ3n) is 10.1. The van der Waals surface area contributed by atoms with Crippen LogP contribution < -0.4 is 0 Å². The van der Waals surface area contributed by atoms with Crippen LogP contribution in [-0.4, -0.2) is 6.71 Å². The molecule has 3 rings (SSSR count). The third-order valence-corrected chi connectivity index (χ3v) is 10.1. The first-order chi connectivity index (χ1) is 16.3. The van der Waals surface area contributed by atoms with E-state index in [1.807, 2.05) is 0 Å². The molecule has 0 aromatic carbocycles. The fourth-order valence-corrected chi connectivity index (χ4v) is 7.41. The molecule has 0 bridgehead atoms. The number of hydrogen-bond donors (Lipinski definition) is 0. The summed E-state index contributed by atoms with van der Waals surface area (Å²) >= 11 is 0. The molecular formula is C33H55B. The molecule has 1 heteroatoms. The molecule has 2 saturated carbocycles. The van der Waals surface area contributed by atoms with Gasteiger partial charge in [-0.15, -0.1) is 0 Å². The van der Waals surface area contributed by atoms with Crippen molar-refractivity contribution in [2.75, 3.05) is 0 Å². The van der Waals surface area contributed by atoms with Gasteiger partial charge in [0.05, 0.1) is 0 Å². The average molecular weight is 463 g/mol. The Balaban J connectivity index is 1.63. The first-order valence-electron chi connectivity index (χ1n) is 15.0. The highest BCUT2D eigenvalue weighted by Crippen LogP contribution is 2.52. The van der Waals surface area contributed by atoms with Crippen molar-refractivity contribution in [3.8, 4) is 0 Å². The Morgan fingerprint density at radius 2 is 1.26 bits per heavy atom. The fraction of sp³-hybridized carbons (Fsp3) is 0.758. The zero-order chi connectivity index (χ0) is 24.4. The van der Waals surface area contributed by atoms with Crippen LogP contribution in [0.2, 0.25) is 18.0 Å². The minimum Gasteiger partial charge on any atom is -0.0856 e. The van der Waals surface area contributed by atoms with Crippen molar-refractivity contribution in [3.05, 3.63) is 47.6 Å². The molecule has 0 aromatic rings. The topological polar surface area (TPSA) is 0 Å². The van der Waals surface area contributed by atoms with E-state index in [0.717, 1.165) is 18.3 Å². The van der Waals surface area contributed by atoms with Gasteiger partial charge in [-0.05, 0) is 57.3 Å². The van der Waals surface area contributed by atoms with E-state index in [2.05, 4.69) is 71.1 Å². The van der Waals surface area contributed by atoms with Gasteiger partial charge in [0.25, 0.3) is 0 Å². The normalized spacial score (nSPS) is 28.8. The second kappa shape index (κ2) is 13.4. The SMILES string of the molecule is CC(C)=CCC/C(C)=C/CC[C@@]1(C)C=CC=C[C@]1(C)CCB(C1CCCCC1)C1CCCCC1. The Morgan fingerprint density at radius 1 is 0.735 bits per heavy atom. The van der Waals surface area contributed by atoms with Gasteiger partial charge in [-0.25, -0.2) is 0 Å². The predicted octanol–water partition coefficient (Wildman–Crippen LogP) is 11.2. The van der Waals surface area contributed by atoms with Crippen molar-refractivity contribution < 1.29 is 0 Å². The second-order valence-electron chi connectivity index (χ2n) is 13.0. The fourth-order valence-electron chi connectivity index (χ4n) is 7.41. The maximum Gasteiger partial charge on any atom is 0.146 e. The minimum atomic E-state index is 0.266. The molecule has 0 radical (unpaired) electrons. The third kappa shape index (κ3) is 7.76. The molecule has 2 fully saturated rings. The maximum atomic E-state index is 2.58. The van der Waals surface area contributed by atoms with Crippen molar-refractivity contribution in [2.45, 2.75) is 149 Å². The molecule has 0 amide bonds. The first-order valence-corrected chi connectivity index (χ1v) is 15.0. The summed E-state index contributed by atoms with van der Waals surface area (Å²) in [6, 6.07) is 0. The molecule has 3 aliphatic rings. The van der Waals surface area contributed by atoms with E-state index in [9.17, 15) is 0 Å². The Kier molecular flexibility index (Phi) is 10.9. The Hall–Kier alpha value is -0.975. The van der Waals surface area contributed by atoms with E-state index in [1.54, 1.807) is 5.57 Å². The Bertz CT molecular complexity index is 706. The molecule has 0 nitrogen and oxygen atoms in total. The molecule has 0 spiro atoms. The lowest BCUT2D eigenvalue weighted by molar-refractivity contribution is 0.158. The minimum absolute atomic E-state index is 0.266. The summed E-state index contributed by atoms with van der Waals surface area (Å²) in [6.07, 6.45) is 37.4. The monoisotopic (exact) mass is 462 g/mol. The van der Waals surface area contributed by atoms with Gasteiger partial charge in [0, 0.05) is 0 Å². The molecule has 0 N–H and O–H groups in total. The number of rotatable bonds is 11. The van der Waals surface area contributed by atoms with Crippen LogP contribution in [0.3, 0.4) is 0 Å². The van der Waals surface area contributed by atoms with E-state index >= 15 is 0 Å². The molecule has 190 valence electrons. The predicted molar refractivity (Wildman–Crippen MR) is 155 cm³/mol. The van der Waals surface area contributed by atoms with Gasteiger partial charge in [0.15, 0.2) is 0 Å². The summed E-state index contributed by atoms with van der Waals surface area (Å²) in [4.78, 5) is 0. The second-order valence-corrected chi connectivity index (χ2v) is 13.0. The molecule has 2 atom stereocenters. The highest BCUT2D eigenvalue weighted by atomic mass is 14.4. The molecule has 34 heavy (non-hydrogen) atoms. The van der Waals surface area contributed by atoms with Gasteiger partial charge < -0.3 is 0 Å². The van der Waals surface area contributed by atoms with Gasteiger partial charge in [0.1, 0.15) is 6.71 Å². The van der Waals surface area contributed by atoms with Gasteiger partial charge in [-0.1, -0.05) is 150 Å². The van der Waals surface area contributed by atoms with Gasteiger partial charge in [0.2, 0.25) is 0 Å². The average Bonchev–Trinajstić information content (AvgIpc) is 2.82. The summed E-state index contributed by atoms with van der Waals surface area (Å²) in [5, 5.41) is 0. The summed E-state index contributed by atoms with van der Waals surface area (Å²) in [5.41, 5.74) is 3.55. The van der Waals surface area contributed by atoms with Crippen molar-refractivity contribution >= 4 is 6.71 Å². The quantitative estimate of drug-likeness (QED) is 0.211. The van der Waals surface area contributed by atoms with Crippen LogP contribution in [0.15, 0.2) is 47.6 Å². The lowest BCUT2D eigenvalue weighted by Crippen LogP contribution is -2.38. The van der Waals surface area contributed by atoms with E-state index in [-0.39, 0.29) is 10.8 Å². The van der Waals surface area contributed by atoms with Crippen molar-refractivity contribution in [2.24, 2.45) is 10.8 Å². The van der Waals surface area contributed by atoms with Gasteiger partial charge in [-0.2, -0.15) is 0 Å². The molecule has 3 aliphatic carbocycles. The maximum absolute atomic E-state index is 2.58. The molecule has 0 saturated heterocycles. The molecular weight excluding hydrogens is 407 g/mol. The van der Waals surface area contributed by atoms with Crippen LogP contribution in [-0.2, 0) is 0 Å². The van der Waals surface area contributed by atoms with Crippen LogP contribution in [0.5, 0.6) is 0 Å². The van der Waals surface area contributed by atoms with Crippen molar-refractivity contribution in [1.82, 2.24) is 0 Å². The lowest BCUT2D eigenvalue weighted by Gasteiger charge is -2.46. The van der Waals surface area contributed by atoms with Gasteiger partial charge >= 0.3 is 0 Å². The standard InChI is InChI=1S/C33H55B/c1-28(2)16-14-17-29(3)18-15-25-32(4)23-12-13-24-33(32,5)26-27-34(30-19-8-6-9-20-30)31-21-10-7-11-22-31/h12-13,16,18,23-24,30-31H,6-11,14-15,17,19-22,25-27H2,1-5H3/b29-18+/t32-,33-/m1/s1. The lowest BCUT2D eigenvalue weighted by atomic mass is 9.28. The van der Waals surface area contributed by atoms with Gasteiger partial charge in [-0.3, -0.25) is 0 Å². The molecule has 0 heterocycles. The zero-order valence-corrected chi connectivity index (χ0v) is 23.5. The highest BCUT2D eigenvalue weighted by Gasteiger charge is 2.43. The molecule has 0 unspecified atom stereocenters. The van der Waals surface area contributed by atoms with Crippen LogP contribution in [0.1, 0.15) is 131 Å². The first kappa shape index (κ1) is 27.6. The Morgan fingerprint density at radius 3 is 1.79 bits per heavy atom. The van der Waals surface area contributed by atoms with E-state index < -0.39 is 0 Å². The van der Waals surface area contributed by atoms with Crippen LogP contribution >= 0.6 is 0 Å². The van der Waals surface area contributed by atoms with Crippen LogP contribution in [0.25, 0.3) is 0 Å². The van der Waals surface area contributed by atoms with Crippen molar-refractivity contribution in [3.63, 3.8) is 0 Å². The van der Waals surface area contributed by atoms with Crippen LogP contribution in [0.4, 0.5) is 0 Å². The van der Waals surface area contributed by atoms with Crippen molar-refractivity contribution in [1.29, 1.82) is 0 Å². The van der Waals surface area contributed by atoms with E-state index in [1.165, 1.54) is 108 Å². The number of allylic oxidation sites excluding steroid dienone is 8. The summed E-state index contributed by atoms with van der Waals surface area (Å²) < 4.78 is 0. The summed E-state index contributed by atoms with van der Waals surface area (Å²) in [5.74, 6) is 2.03. The largest absolute Gasteiger partial charge is 0.146 e. The smallest absolute Gasteiger partial charge is 0.0856 e. The van der Waals surface area contributed by atoms with E-state index in [0.29, 0.717) is 0 Å². The van der Waals surface area contributed by atoms with Crippen LogP contribution in [0, 0.1) is 10.8 Å². The Labute approximate surface area is 213 Å². The summed E-state index contributed by atoms with van der Waals surface area (Å²) in [6.45, 7) is 12.9.